The van der Waals surface area contributed by atoms with Gasteiger partial charge in [-0.15, -0.1) is 5.10 Å². The molecule has 1 N–H and O–H groups in total. The predicted octanol–water partition coefficient (Wildman–Crippen LogP) is 3.73. The number of rotatable bonds is 12. The number of aromatic nitrogens is 2. The lowest BCUT2D eigenvalue weighted by molar-refractivity contribution is -0.119. The number of methoxy groups -OCH3 is 1. The summed E-state index contributed by atoms with van der Waals surface area (Å²) < 4.78 is 55.7. The standard InChI is InChI=1S/C26H32N4O8S/c1-5-35-21-15-17(16-22(36-6-2)23(21)37-7-3)25-28-29-26(38-25)27-24(31)20-9-8-14-30(20)39(32,33)19-12-10-18(34-4)11-13-19/h10-13,15-16,20H,5-9,14H2,1-4H3,(H,27,29,31). The highest BCUT2D eigenvalue weighted by Gasteiger charge is 2.40. The first kappa shape index (κ1) is 28.2. The van der Waals surface area contributed by atoms with Gasteiger partial charge in [0.25, 0.3) is 0 Å². The molecule has 1 amide bonds. The Morgan fingerprint density at radius 1 is 1.03 bits per heavy atom. The van der Waals surface area contributed by atoms with Crippen molar-refractivity contribution in [3.05, 3.63) is 36.4 Å². The molecule has 2 heterocycles. The van der Waals surface area contributed by atoms with Gasteiger partial charge in [-0.2, -0.15) is 4.31 Å². The van der Waals surface area contributed by atoms with Crippen LogP contribution in [-0.2, 0) is 14.8 Å². The lowest BCUT2D eigenvalue weighted by Gasteiger charge is -2.22. The number of carbonyl (C=O) groups excluding carboxylic acids is 1. The smallest absolute Gasteiger partial charge is 0.322 e. The monoisotopic (exact) mass is 560 g/mol. The number of anilines is 1. The molecule has 1 aromatic heterocycles. The normalized spacial score (nSPS) is 15.6. The molecule has 1 saturated heterocycles. The first-order valence-electron chi connectivity index (χ1n) is 12.7. The predicted molar refractivity (Wildman–Crippen MR) is 142 cm³/mol. The van der Waals surface area contributed by atoms with Crippen molar-refractivity contribution in [3.63, 3.8) is 0 Å². The topological polar surface area (TPSA) is 142 Å². The van der Waals surface area contributed by atoms with Crippen LogP contribution in [-0.4, -0.2) is 68.3 Å². The van der Waals surface area contributed by atoms with Crippen LogP contribution in [0.2, 0.25) is 0 Å². The summed E-state index contributed by atoms with van der Waals surface area (Å²) in [6.45, 7) is 7.00. The van der Waals surface area contributed by atoms with Crippen LogP contribution >= 0.6 is 0 Å². The summed E-state index contributed by atoms with van der Waals surface area (Å²) in [5.41, 5.74) is 0.503. The van der Waals surface area contributed by atoms with Gasteiger partial charge in [0.05, 0.1) is 31.8 Å². The molecular formula is C26H32N4O8S. The van der Waals surface area contributed by atoms with E-state index in [1.807, 2.05) is 20.8 Å². The van der Waals surface area contributed by atoms with E-state index >= 15 is 0 Å². The molecule has 3 aromatic rings. The third kappa shape index (κ3) is 6.09. The van der Waals surface area contributed by atoms with Crippen LogP contribution < -0.4 is 24.3 Å². The summed E-state index contributed by atoms with van der Waals surface area (Å²) >= 11 is 0. The Kier molecular flexibility index (Phi) is 8.92. The number of amides is 1. The van der Waals surface area contributed by atoms with Crippen molar-refractivity contribution in [1.29, 1.82) is 0 Å². The Bertz CT molecular complexity index is 1360. The second-order valence-electron chi connectivity index (χ2n) is 8.45. The van der Waals surface area contributed by atoms with Crippen LogP contribution in [0, 0.1) is 0 Å². The highest BCUT2D eigenvalue weighted by molar-refractivity contribution is 7.89. The molecule has 1 atom stereocenters. The van der Waals surface area contributed by atoms with Crippen molar-refractivity contribution in [2.24, 2.45) is 0 Å². The van der Waals surface area contributed by atoms with Gasteiger partial charge in [-0.3, -0.25) is 10.1 Å². The van der Waals surface area contributed by atoms with E-state index in [1.54, 1.807) is 24.3 Å². The summed E-state index contributed by atoms with van der Waals surface area (Å²) in [5, 5.41) is 10.5. The largest absolute Gasteiger partial charge is 0.497 e. The molecule has 210 valence electrons. The van der Waals surface area contributed by atoms with Gasteiger partial charge >= 0.3 is 6.01 Å². The molecule has 0 aliphatic carbocycles. The molecule has 0 saturated carbocycles. The summed E-state index contributed by atoms with van der Waals surface area (Å²) in [5.74, 6) is 1.47. The van der Waals surface area contributed by atoms with Crippen molar-refractivity contribution >= 4 is 21.9 Å². The number of sulfonamides is 1. The number of nitrogens with zero attached hydrogens (tertiary/aromatic N) is 3. The lowest BCUT2D eigenvalue weighted by atomic mass is 10.2. The van der Waals surface area contributed by atoms with Crippen LogP contribution in [0.5, 0.6) is 23.0 Å². The lowest BCUT2D eigenvalue weighted by Crippen LogP contribution is -2.43. The van der Waals surface area contributed by atoms with Crippen LogP contribution in [0.1, 0.15) is 33.6 Å². The Balaban J connectivity index is 1.54. The second kappa shape index (κ2) is 12.3. The van der Waals surface area contributed by atoms with Crippen molar-refractivity contribution < 1.29 is 36.6 Å². The zero-order valence-corrected chi connectivity index (χ0v) is 23.1. The second-order valence-corrected chi connectivity index (χ2v) is 10.3. The van der Waals surface area contributed by atoms with E-state index in [0.29, 0.717) is 61.2 Å². The minimum Gasteiger partial charge on any atom is -0.497 e. The molecule has 1 unspecified atom stereocenters. The van der Waals surface area contributed by atoms with E-state index in [9.17, 15) is 13.2 Å². The zero-order valence-electron chi connectivity index (χ0n) is 22.3. The van der Waals surface area contributed by atoms with Crippen molar-refractivity contribution in [3.8, 4) is 34.5 Å². The number of ether oxygens (including phenoxy) is 4. The van der Waals surface area contributed by atoms with E-state index in [0.717, 1.165) is 0 Å². The molecule has 39 heavy (non-hydrogen) atoms. The van der Waals surface area contributed by atoms with E-state index in [4.69, 9.17) is 23.4 Å². The Labute approximate surface area is 227 Å². The third-order valence-corrected chi connectivity index (χ3v) is 7.91. The third-order valence-electron chi connectivity index (χ3n) is 5.98. The highest BCUT2D eigenvalue weighted by Crippen LogP contribution is 2.42. The summed E-state index contributed by atoms with van der Waals surface area (Å²) in [4.78, 5) is 13.2. The molecule has 1 aliphatic rings. The van der Waals surface area contributed by atoms with Gasteiger partial charge in [-0.05, 0) is 70.0 Å². The van der Waals surface area contributed by atoms with Crippen molar-refractivity contribution in [2.45, 2.75) is 44.6 Å². The molecule has 0 radical (unpaired) electrons. The maximum Gasteiger partial charge on any atom is 0.322 e. The average Bonchev–Trinajstić information content (AvgIpc) is 3.61. The summed E-state index contributed by atoms with van der Waals surface area (Å²) in [6.07, 6.45) is 0.895. The maximum absolute atomic E-state index is 13.3. The van der Waals surface area contributed by atoms with E-state index in [2.05, 4.69) is 15.5 Å². The zero-order chi connectivity index (χ0) is 28.0. The molecule has 0 bridgehead atoms. The maximum atomic E-state index is 13.3. The van der Waals surface area contributed by atoms with Gasteiger partial charge in [0.2, 0.25) is 27.6 Å². The molecule has 2 aromatic carbocycles. The number of carbonyl (C=O) groups is 1. The average molecular weight is 561 g/mol. The van der Waals surface area contributed by atoms with Gasteiger partial charge in [-0.1, -0.05) is 5.10 Å². The highest BCUT2D eigenvalue weighted by atomic mass is 32.2. The van der Waals surface area contributed by atoms with E-state index in [-0.39, 0.29) is 23.3 Å². The minimum atomic E-state index is -3.91. The van der Waals surface area contributed by atoms with Gasteiger partial charge in [0, 0.05) is 12.1 Å². The number of hydrogen-bond acceptors (Lipinski definition) is 10. The molecule has 1 aliphatic heterocycles. The van der Waals surface area contributed by atoms with E-state index < -0.39 is 22.0 Å². The summed E-state index contributed by atoms with van der Waals surface area (Å²) in [7, 11) is -2.41. The van der Waals surface area contributed by atoms with Crippen molar-refractivity contribution in [2.75, 3.05) is 38.8 Å². The quantitative estimate of drug-likeness (QED) is 0.348. The fraction of sp³-hybridized carbons (Fsp3) is 0.423. The van der Waals surface area contributed by atoms with Gasteiger partial charge in [-0.25, -0.2) is 8.42 Å². The first-order chi connectivity index (χ1) is 18.8. The molecule has 0 spiro atoms. The van der Waals surface area contributed by atoms with Gasteiger partial charge < -0.3 is 23.4 Å². The number of nitrogens with one attached hydrogen (secondary N) is 1. The van der Waals surface area contributed by atoms with Gasteiger partial charge in [0.1, 0.15) is 11.8 Å². The molecular weight excluding hydrogens is 528 g/mol. The Morgan fingerprint density at radius 3 is 2.26 bits per heavy atom. The van der Waals surface area contributed by atoms with Crippen LogP contribution in [0.4, 0.5) is 6.01 Å². The van der Waals surface area contributed by atoms with Gasteiger partial charge in [0.15, 0.2) is 11.5 Å². The first-order valence-corrected chi connectivity index (χ1v) is 14.1. The molecule has 12 nitrogen and oxygen atoms in total. The molecule has 1 fully saturated rings. The van der Waals surface area contributed by atoms with E-state index in [1.165, 1.54) is 23.5 Å². The Morgan fingerprint density at radius 2 is 1.67 bits per heavy atom. The van der Waals surface area contributed by atoms with Crippen LogP contribution in [0.3, 0.4) is 0 Å². The number of hydrogen-bond donors (Lipinski definition) is 1. The van der Waals surface area contributed by atoms with Crippen molar-refractivity contribution in [1.82, 2.24) is 14.5 Å². The molecule has 4 rings (SSSR count). The van der Waals surface area contributed by atoms with Crippen LogP contribution in [0.25, 0.3) is 11.5 Å². The fourth-order valence-corrected chi connectivity index (χ4v) is 5.92. The molecule has 13 heteroatoms. The summed E-state index contributed by atoms with van der Waals surface area (Å²) in [6, 6.07) is 8.33. The Hall–Kier alpha value is -3.84. The fourth-order valence-electron chi connectivity index (χ4n) is 4.26. The SMILES string of the molecule is CCOc1cc(-c2nnc(NC(=O)C3CCCN3S(=O)(=O)c3ccc(OC)cc3)o2)cc(OCC)c1OCC. The minimum absolute atomic E-state index is 0.0776. The van der Waals surface area contributed by atoms with Crippen LogP contribution in [0.15, 0.2) is 45.7 Å². The number of benzene rings is 2.